The minimum atomic E-state index is -0.652. The highest BCUT2D eigenvalue weighted by Crippen LogP contribution is 2.47. The molecular formula is C25H26ClNO6. The van der Waals surface area contributed by atoms with Gasteiger partial charge >= 0.3 is 12.1 Å². The van der Waals surface area contributed by atoms with E-state index in [0.29, 0.717) is 29.0 Å². The van der Waals surface area contributed by atoms with E-state index in [1.165, 1.54) is 7.11 Å². The zero-order valence-corrected chi connectivity index (χ0v) is 19.8. The smallest absolute Gasteiger partial charge is 0.414 e. The molecule has 3 aromatic rings. The predicted molar refractivity (Wildman–Crippen MR) is 125 cm³/mol. The van der Waals surface area contributed by atoms with Crippen molar-refractivity contribution in [2.24, 2.45) is 0 Å². The summed E-state index contributed by atoms with van der Waals surface area (Å²) in [6, 6.07) is 13.0. The van der Waals surface area contributed by atoms with Crippen LogP contribution in [0, 0.1) is 0 Å². The molecule has 0 fully saturated rings. The summed E-state index contributed by atoms with van der Waals surface area (Å²) in [5.74, 6) is -0.0213. The summed E-state index contributed by atoms with van der Waals surface area (Å²) in [5, 5.41) is 0.660. The lowest BCUT2D eigenvalue weighted by Crippen LogP contribution is -2.36. The van der Waals surface area contributed by atoms with Crippen molar-refractivity contribution in [1.29, 1.82) is 0 Å². The third-order valence-corrected chi connectivity index (χ3v) is 5.69. The molecule has 0 radical (unpaired) electrons. The maximum Gasteiger partial charge on any atom is 0.414 e. The van der Waals surface area contributed by atoms with Gasteiger partial charge in [0.05, 0.1) is 12.8 Å². The van der Waals surface area contributed by atoms with Crippen LogP contribution < -0.4 is 9.64 Å². The van der Waals surface area contributed by atoms with E-state index < -0.39 is 17.7 Å². The van der Waals surface area contributed by atoms with Gasteiger partial charge in [0.1, 0.15) is 12.2 Å². The van der Waals surface area contributed by atoms with E-state index >= 15 is 0 Å². The van der Waals surface area contributed by atoms with Gasteiger partial charge in [0.2, 0.25) is 5.76 Å². The molecule has 0 saturated carbocycles. The lowest BCUT2D eigenvalue weighted by atomic mass is 9.98. The first kappa shape index (κ1) is 23.0. The number of furan rings is 1. The number of carbonyl (C=O) groups is 2. The molecule has 4 rings (SSSR count). The van der Waals surface area contributed by atoms with Gasteiger partial charge in [-0.2, -0.15) is 0 Å². The maximum absolute atomic E-state index is 13.0. The first-order valence-electron chi connectivity index (χ1n) is 10.6. The average Bonchev–Trinajstić information content (AvgIpc) is 3.38. The number of carbonyl (C=O) groups excluding carboxylic acids is 2. The molecule has 1 amide bonds. The molecule has 0 N–H and O–H groups in total. The summed E-state index contributed by atoms with van der Waals surface area (Å²) in [7, 11) is 1.29. The number of ether oxygens (including phenoxy) is 3. The summed E-state index contributed by atoms with van der Waals surface area (Å²) in [6.07, 6.45) is -0.471. The molecule has 0 saturated heterocycles. The molecule has 8 heteroatoms. The average molecular weight is 472 g/mol. The third kappa shape index (κ3) is 4.64. The lowest BCUT2D eigenvalue weighted by molar-refractivity contribution is 0.0563. The topological polar surface area (TPSA) is 78.2 Å². The number of hydrogen-bond acceptors (Lipinski definition) is 6. The number of nitrogens with zero attached hydrogens (tertiary/aromatic N) is 1. The monoisotopic (exact) mass is 471 g/mol. The van der Waals surface area contributed by atoms with Gasteiger partial charge in [-0.25, -0.2) is 9.59 Å². The van der Waals surface area contributed by atoms with Crippen molar-refractivity contribution in [2.75, 3.05) is 24.4 Å². The van der Waals surface area contributed by atoms with Gasteiger partial charge in [0, 0.05) is 29.8 Å². The van der Waals surface area contributed by atoms with Crippen molar-refractivity contribution in [3.63, 3.8) is 0 Å². The Morgan fingerprint density at radius 1 is 1.18 bits per heavy atom. The number of alkyl halides is 1. The Balaban J connectivity index is 1.83. The molecule has 1 unspecified atom stereocenters. The van der Waals surface area contributed by atoms with Gasteiger partial charge in [-0.05, 0) is 38.0 Å². The summed E-state index contributed by atoms with van der Waals surface area (Å²) in [4.78, 5) is 26.7. The van der Waals surface area contributed by atoms with E-state index in [1.807, 2.05) is 51.1 Å². The van der Waals surface area contributed by atoms with E-state index in [0.717, 1.165) is 11.1 Å². The zero-order valence-electron chi connectivity index (χ0n) is 19.0. The van der Waals surface area contributed by atoms with Crippen LogP contribution in [0.15, 0.2) is 46.9 Å². The van der Waals surface area contributed by atoms with Crippen molar-refractivity contribution in [3.05, 3.63) is 59.4 Å². The highest BCUT2D eigenvalue weighted by Gasteiger charge is 2.38. The second-order valence-electron chi connectivity index (χ2n) is 8.87. The van der Waals surface area contributed by atoms with E-state index in [-0.39, 0.29) is 24.2 Å². The van der Waals surface area contributed by atoms with Crippen molar-refractivity contribution in [3.8, 4) is 5.75 Å². The Morgan fingerprint density at radius 3 is 2.55 bits per heavy atom. The summed E-state index contributed by atoms with van der Waals surface area (Å²) >= 11 is 6.28. The fraction of sp³-hybridized carbons (Fsp3) is 0.360. The molecule has 1 aromatic heterocycles. The normalized spacial score (nSPS) is 15.4. The zero-order chi connectivity index (χ0) is 23.8. The molecule has 1 aliphatic heterocycles. The van der Waals surface area contributed by atoms with Crippen molar-refractivity contribution >= 4 is 40.3 Å². The first-order chi connectivity index (χ1) is 15.7. The van der Waals surface area contributed by atoms with Gasteiger partial charge in [0.25, 0.3) is 0 Å². The Labute approximate surface area is 197 Å². The molecule has 174 valence electrons. The quantitative estimate of drug-likeness (QED) is 0.341. The van der Waals surface area contributed by atoms with Gasteiger partial charge < -0.3 is 18.6 Å². The molecule has 1 atom stereocenters. The maximum atomic E-state index is 13.0. The van der Waals surface area contributed by atoms with E-state index in [2.05, 4.69) is 0 Å². The van der Waals surface area contributed by atoms with Crippen molar-refractivity contribution < 1.29 is 28.2 Å². The first-order valence-corrected chi connectivity index (χ1v) is 11.2. The van der Waals surface area contributed by atoms with Crippen LogP contribution in [-0.2, 0) is 16.1 Å². The van der Waals surface area contributed by atoms with Crippen molar-refractivity contribution in [2.45, 2.75) is 38.9 Å². The van der Waals surface area contributed by atoms with Crippen LogP contribution in [0.1, 0.15) is 48.4 Å². The molecule has 0 bridgehead atoms. The van der Waals surface area contributed by atoms with E-state index in [9.17, 15) is 9.59 Å². The number of methoxy groups -OCH3 is 1. The van der Waals surface area contributed by atoms with Crippen LogP contribution in [0.3, 0.4) is 0 Å². The van der Waals surface area contributed by atoms with Crippen LogP contribution in [0.5, 0.6) is 5.75 Å². The molecule has 0 spiro atoms. The largest absolute Gasteiger partial charge is 0.485 e. The SMILES string of the molecule is COC(=O)c1cc2c3c(cc(OCc4ccccc4)c2o1)N(C(=O)OC(C)(C)C)CC3CCl. The molecule has 2 heterocycles. The lowest BCUT2D eigenvalue weighted by Gasteiger charge is -2.25. The van der Waals surface area contributed by atoms with Gasteiger partial charge in [-0.15, -0.1) is 11.6 Å². The number of rotatable bonds is 5. The van der Waals surface area contributed by atoms with Gasteiger partial charge in [0.15, 0.2) is 11.3 Å². The van der Waals surface area contributed by atoms with Crippen LogP contribution >= 0.6 is 11.6 Å². The number of fused-ring (bicyclic) bond motifs is 3. The minimum Gasteiger partial charge on any atom is -0.485 e. The number of hydrogen-bond donors (Lipinski definition) is 0. The molecule has 0 aliphatic carbocycles. The third-order valence-electron chi connectivity index (χ3n) is 5.32. The number of anilines is 1. The number of halogens is 1. The molecule has 1 aliphatic rings. The molecular weight excluding hydrogens is 446 g/mol. The van der Waals surface area contributed by atoms with E-state index in [1.54, 1.807) is 17.0 Å². The second-order valence-corrected chi connectivity index (χ2v) is 9.18. The van der Waals surface area contributed by atoms with Crippen LogP contribution in [0.25, 0.3) is 11.0 Å². The predicted octanol–water partition coefficient (Wildman–Crippen LogP) is 5.88. The van der Waals surface area contributed by atoms with Crippen LogP contribution in [0.4, 0.5) is 10.5 Å². The number of amides is 1. The number of benzene rings is 2. The molecule has 7 nitrogen and oxygen atoms in total. The highest BCUT2D eigenvalue weighted by atomic mass is 35.5. The fourth-order valence-electron chi connectivity index (χ4n) is 3.90. The summed E-state index contributed by atoms with van der Waals surface area (Å²) < 4.78 is 22.4. The van der Waals surface area contributed by atoms with Crippen LogP contribution in [0.2, 0.25) is 0 Å². The summed E-state index contributed by atoms with van der Waals surface area (Å²) in [6.45, 7) is 6.09. The second kappa shape index (κ2) is 8.98. The van der Waals surface area contributed by atoms with Crippen molar-refractivity contribution in [1.82, 2.24) is 0 Å². The summed E-state index contributed by atoms with van der Waals surface area (Å²) in [5.41, 5.74) is 2.17. The van der Waals surface area contributed by atoms with Crippen LogP contribution in [-0.4, -0.2) is 37.2 Å². The molecule has 33 heavy (non-hydrogen) atoms. The Morgan fingerprint density at radius 2 is 1.91 bits per heavy atom. The van der Waals surface area contributed by atoms with Gasteiger partial charge in [-0.1, -0.05) is 30.3 Å². The minimum absolute atomic E-state index is 0.0505. The Bertz CT molecular complexity index is 1180. The Kier molecular flexibility index (Phi) is 6.26. The van der Waals surface area contributed by atoms with E-state index in [4.69, 9.17) is 30.2 Å². The Hall–Kier alpha value is -3.19. The fourth-order valence-corrected chi connectivity index (χ4v) is 4.15. The standard InChI is InChI=1S/C25H26ClNO6/c1-25(2,3)33-24(29)27-13-16(12-26)21-17-10-20(23(28)30-4)32-22(17)19(11-18(21)27)31-14-15-8-6-5-7-9-15/h5-11,16H,12-14H2,1-4H3. The highest BCUT2D eigenvalue weighted by molar-refractivity contribution is 6.19. The molecule has 2 aromatic carbocycles. The number of esters is 1. The van der Waals surface area contributed by atoms with Gasteiger partial charge in [-0.3, -0.25) is 4.90 Å².